The summed E-state index contributed by atoms with van der Waals surface area (Å²) in [5, 5.41) is 41.9. The summed E-state index contributed by atoms with van der Waals surface area (Å²) in [5.41, 5.74) is 0. The van der Waals surface area contributed by atoms with Crippen molar-refractivity contribution < 1.29 is 24.9 Å². The van der Waals surface area contributed by atoms with Crippen LogP contribution in [0.3, 0.4) is 0 Å². The number of nitro groups is 2. The Bertz CT molecular complexity index is 537. The van der Waals surface area contributed by atoms with Crippen LogP contribution in [0, 0.1) is 20.2 Å². The van der Waals surface area contributed by atoms with Gasteiger partial charge in [0, 0.05) is 29.1 Å². The lowest BCUT2D eigenvalue weighted by atomic mass is 10.0. The molecule has 2 N–H and O–H groups in total. The van der Waals surface area contributed by atoms with Crippen molar-refractivity contribution >= 4 is 6.29 Å². The third-order valence-corrected chi connectivity index (χ3v) is 4.71. The molecule has 0 aromatic heterocycles. The lowest BCUT2D eigenvalue weighted by Gasteiger charge is -2.14. The summed E-state index contributed by atoms with van der Waals surface area (Å²) < 4.78 is 0. The number of aliphatic hydroxyl groups is 2. The van der Waals surface area contributed by atoms with Gasteiger partial charge >= 0.3 is 0 Å². The molecule has 0 rings (SSSR count). The maximum absolute atomic E-state index is 11.2. The van der Waals surface area contributed by atoms with Crippen LogP contribution in [0.2, 0.25) is 0 Å². The summed E-state index contributed by atoms with van der Waals surface area (Å²) in [4.78, 5) is 31.2. The van der Waals surface area contributed by atoms with Gasteiger partial charge in [0.25, 0.3) is 0 Å². The van der Waals surface area contributed by atoms with Crippen molar-refractivity contribution in [1.82, 2.24) is 0 Å². The average molecular weight is 413 g/mol. The van der Waals surface area contributed by atoms with Crippen molar-refractivity contribution in [2.45, 2.75) is 95.4 Å². The predicted octanol–water partition coefficient (Wildman–Crippen LogP) is 3.14. The molecular weight excluding hydrogens is 380 g/mol. The van der Waals surface area contributed by atoms with E-state index in [4.69, 9.17) is 0 Å². The van der Waals surface area contributed by atoms with Gasteiger partial charge in [-0.05, 0) is 32.1 Å². The summed E-state index contributed by atoms with van der Waals surface area (Å²) in [5.74, 6) is 0. The quantitative estimate of drug-likeness (QED) is 0.152. The zero-order valence-corrected chi connectivity index (χ0v) is 17.0. The third kappa shape index (κ3) is 12.8. The van der Waals surface area contributed by atoms with E-state index in [1.54, 1.807) is 13.0 Å². The van der Waals surface area contributed by atoms with Crippen molar-refractivity contribution in [3.63, 3.8) is 0 Å². The fourth-order valence-electron chi connectivity index (χ4n) is 2.83. The highest BCUT2D eigenvalue weighted by atomic mass is 16.6. The van der Waals surface area contributed by atoms with E-state index in [2.05, 4.69) is 0 Å². The number of allylic oxidation sites excluding steroid dienone is 1. The smallest absolute Gasteiger partial charge is 0.242 e. The first-order chi connectivity index (χ1) is 13.8. The highest BCUT2D eigenvalue weighted by molar-refractivity contribution is 5.50. The van der Waals surface area contributed by atoms with Gasteiger partial charge in [0.2, 0.25) is 12.1 Å². The molecule has 0 aromatic carbocycles. The molecule has 9 nitrogen and oxygen atoms in total. The van der Waals surface area contributed by atoms with Gasteiger partial charge in [-0.25, -0.2) is 0 Å². The molecule has 0 amide bonds. The van der Waals surface area contributed by atoms with E-state index < -0.39 is 34.1 Å². The fourth-order valence-corrected chi connectivity index (χ4v) is 2.83. The number of carbonyl (C=O) groups excluding carboxylic acids is 1. The molecule has 1 radical (unpaired) electrons. The minimum atomic E-state index is -1.20. The fraction of sp³-hybridized carbons (Fsp3) is 0.750. The van der Waals surface area contributed by atoms with Gasteiger partial charge < -0.3 is 10.2 Å². The van der Waals surface area contributed by atoms with Gasteiger partial charge in [-0.15, -0.1) is 0 Å². The number of hydrogen-bond donors (Lipinski definition) is 2. The van der Waals surface area contributed by atoms with Gasteiger partial charge in [-0.3, -0.25) is 25.0 Å². The van der Waals surface area contributed by atoms with E-state index in [1.165, 1.54) is 12.2 Å². The van der Waals surface area contributed by atoms with Gasteiger partial charge in [0.15, 0.2) is 6.29 Å². The predicted molar refractivity (Wildman–Crippen MR) is 109 cm³/mol. The second kappa shape index (κ2) is 16.8. The Hall–Kier alpha value is -2.13. The summed E-state index contributed by atoms with van der Waals surface area (Å²) >= 11 is 0. The molecule has 9 heteroatoms. The number of rotatable bonds is 18. The average Bonchev–Trinajstić information content (AvgIpc) is 2.68. The number of unbranched alkanes of at least 4 members (excludes halogenated alkanes) is 5. The molecule has 0 aromatic rings. The second-order valence-electron chi connectivity index (χ2n) is 7.00. The third-order valence-electron chi connectivity index (χ3n) is 4.71. The summed E-state index contributed by atoms with van der Waals surface area (Å²) in [6, 6.07) is -2.27. The SMILES string of the molecule is CCC(O)C(C/C=C\CC(O)C(C/C=C\CCCCCC[C]=O)[N+](=O)[O-])[N+](=O)[O-]. The molecule has 0 saturated heterocycles. The highest BCUT2D eigenvalue weighted by Gasteiger charge is 2.28. The molecule has 0 aliphatic heterocycles. The minimum absolute atomic E-state index is 0.00262. The molecule has 29 heavy (non-hydrogen) atoms. The summed E-state index contributed by atoms with van der Waals surface area (Å²) in [6.45, 7) is 1.65. The Morgan fingerprint density at radius 1 is 0.828 bits per heavy atom. The normalized spacial score (nSPS) is 16.0. The van der Waals surface area contributed by atoms with Crippen molar-refractivity contribution in [2.24, 2.45) is 0 Å². The number of aliphatic hydroxyl groups excluding tert-OH is 2. The van der Waals surface area contributed by atoms with Crippen LogP contribution < -0.4 is 0 Å². The Labute approximate surface area is 171 Å². The second-order valence-corrected chi connectivity index (χ2v) is 7.00. The molecule has 165 valence electrons. The van der Waals surface area contributed by atoms with Crippen molar-refractivity contribution in [3.05, 3.63) is 44.5 Å². The van der Waals surface area contributed by atoms with Gasteiger partial charge in [-0.2, -0.15) is 0 Å². The van der Waals surface area contributed by atoms with Crippen molar-refractivity contribution in [3.8, 4) is 0 Å². The molecule has 4 atom stereocenters. The molecule has 0 heterocycles. The Balaban J connectivity index is 4.33. The van der Waals surface area contributed by atoms with E-state index >= 15 is 0 Å². The maximum Gasteiger partial charge on any atom is 0.242 e. The molecule has 0 aliphatic carbocycles. The van der Waals surface area contributed by atoms with Crippen molar-refractivity contribution in [2.75, 3.05) is 0 Å². The first-order valence-corrected chi connectivity index (χ1v) is 10.1. The minimum Gasteiger partial charge on any atom is -0.386 e. The molecule has 0 saturated carbocycles. The van der Waals surface area contributed by atoms with Crippen LogP contribution in [-0.4, -0.2) is 50.6 Å². The molecule has 0 bridgehead atoms. The summed E-state index contributed by atoms with van der Waals surface area (Å²) in [6.07, 6.45) is 11.4. The number of hydrogen-bond acceptors (Lipinski definition) is 7. The zero-order chi connectivity index (χ0) is 22.1. The van der Waals surface area contributed by atoms with Crippen LogP contribution in [0.4, 0.5) is 0 Å². The van der Waals surface area contributed by atoms with Gasteiger partial charge in [0.05, 0.1) is 0 Å². The standard InChI is InChI=1S/C20H33N2O7/c1-2-19(24)17(21(26)27)14-10-11-15-20(25)18(22(28)29)13-9-7-5-3-4-6-8-12-16-23/h7,9-11,17-20,24-25H,2-6,8,12-15H2,1H3/b9-7-,11-10-. The van der Waals surface area contributed by atoms with E-state index in [0.717, 1.165) is 32.1 Å². The highest BCUT2D eigenvalue weighted by Crippen LogP contribution is 2.13. The first kappa shape index (κ1) is 26.9. The topological polar surface area (TPSA) is 144 Å². The van der Waals surface area contributed by atoms with Crippen LogP contribution in [0.15, 0.2) is 24.3 Å². The van der Waals surface area contributed by atoms with Crippen LogP contribution in [0.1, 0.15) is 71.1 Å². The first-order valence-electron chi connectivity index (χ1n) is 10.1. The van der Waals surface area contributed by atoms with Crippen LogP contribution in [0.5, 0.6) is 0 Å². The van der Waals surface area contributed by atoms with Crippen molar-refractivity contribution in [1.29, 1.82) is 0 Å². The Kier molecular flexibility index (Phi) is 15.6. The maximum atomic E-state index is 11.2. The van der Waals surface area contributed by atoms with E-state index in [9.17, 15) is 35.2 Å². The van der Waals surface area contributed by atoms with Crippen LogP contribution >= 0.6 is 0 Å². The van der Waals surface area contributed by atoms with Crippen LogP contribution in [-0.2, 0) is 4.79 Å². The molecule has 0 spiro atoms. The molecule has 0 aliphatic rings. The number of nitrogens with zero attached hydrogens (tertiary/aromatic N) is 2. The Morgan fingerprint density at radius 3 is 1.90 bits per heavy atom. The largest absolute Gasteiger partial charge is 0.386 e. The van der Waals surface area contributed by atoms with Gasteiger partial charge in [0.1, 0.15) is 12.2 Å². The molecular formula is C20H33N2O7. The lowest BCUT2D eigenvalue weighted by molar-refractivity contribution is -0.533. The molecule has 0 fully saturated rings. The molecule has 4 unspecified atom stereocenters. The van der Waals surface area contributed by atoms with E-state index in [1.807, 2.05) is 12.4 Å². The summed E-state index contributed by atoms with van der Waals surface area (Å²) in [7, 11) is 0. The van der Waals surface area contributed by atoms with E-state index in [0.29, 0.717) is 6.42 Å². The van der Waals surface area contributed by atoms with Crippen LogP contribution in [0.25, 0.3) is 0 Å². The lowest BCUT2D eigenvalue weighted by Crippen LogP contribution is -2.33. The zero-order valence-electron chi connectivity index (χ0n) is 17.0. The Morgan fingerprint density at radius 2 is 1.34 bits per heavy atom. The van der Waals surface area contributed by atoms with Gasteiger partial charge in [-0.1, -0.05) is 44.1 Å². The van der Waals surface area contributed by atoms with E-state index in [-0.39, 0.29) is 25.7 Å². The monoisotopic (exact) mass is 413 g/mol.